The number of halogens is 1. The molecule has 0 aromatic heterocycles. The summed E-state index contributed by atoms with van der Waals surface area (Å²) in [5.41, 5.74) is 0.800. The summed E-state index contributed by atoms with van der Waals surface area (Å²) in [6.07, 6.45) is 1.77. The van der Waals surface area contributed by atoms with Gasteiger partial charge >= 0.3 is 0 Å². The molecule has 7 heteroatoms. The summed E-state index contributed by atoms with van der Waals surface area (Å²) in [5, 5.41) is 2.59. The molecular weight excluding hydrogens is 374 g/mol. The molecule has 2 rings (SSSR count). The van der Waals surface area contributed by atoms with Crippen molar-refractivity contribution < 1.29 is 14.3 Å². The first-order valence-corrected chi connectivity index (χ1v) is 8.41. The van der Waals surface area contributed by atoms with E-state index in [9.17, 15) is 4.79 Å². The summed E-state index contributed by atoms with van der Waals surface area (Å²) in [5.74, 6) is 1.20. The molecule has 0 spiro atoms. The van der Waals surface area contributed by atoms with Crippen molar-refractivity contribution in [2.45, 2.75) is 13.8 Å². The molecule has 0 unspecified atom stereocenters. The maximum atomic E-state index is 11.7. The molecule has 0 saturated carbocycles. The molecule has 1 N–H and O–H groups in total. The Morgan fingerprint density at radius 2 is 1.95 bits per heavy atom. The number of hydrogen-bond acceptors (Lipinski definition) is 5. The van der Waals surface area contributed by atoms with E-state index in [1.54, 1.807) is 6.08 Å². The lowest BCUT2D eigenvalue weighted by atomic mass is 10.1. The Balaban J connectivity index is 2.42. The number of nitrogens with one attached hydrogen (secondary N) is 1. The van der Waals surface area contributed by atoms with E-state index in [0.717, 1.165) is 10.0 Å². The summed E-state index contributed by atoms with van der Waals surface area (Å²) in [7, 11) is 0. The van der Waals surface area contributed by atoms with Gasteiger partial charge in [0.1, 0.15) is 15.8 Å². The summed E-state index contributed by atoms with van der Waals surface area (Å²) >= 11 is 9.70. The minimum atomic E-state index is -0.183. The van der Waals surface area contributed by atoms with Crippen LogP contribution in [0.25, 0.3) is 6.08 Å². The van der Waals surface area contributed by atoms with Gasteiger partial charge in [0.05, 0.1) is 22.6 Å². The van der Waals surface area contributed by atoms with Crippen molar-refractivity contribution in [2.24, 2.45) is 0 Å². The Labute approximate surface area is 141 Å². The summed E-state index contributed by atoms with van der Waals surface area (Å²) in [4.78, 5) is 12.3. The van der Waals surface area contributed by atoms with E-state index in [0.29, 0.717) is 33.9 Å². The maximum Gasteiger partial charge on any atom is 0.263 e. The van der Waals surface area contributed by atoms with Gasteiger partial charge in [0.2, 0.25) is 0 Å². The van der Waals surface area contributed by atoms with Crippen LogP contribution in [-0.4, -0.2) is 23.4 Å². The molecule has 1 saturated heterocycles. The predicted molar refractivity (Wildman–Crippen MR) is 92.8 cm³/mol. The quantitative estimate of drug-likeness (QED) is 0.615. The van der Waals surface area contributed by atoms with E-state index < -0.39 is 0 Å². The molecule has 0 atom stereocenters. The largest absolute Gasteiger partial charge is 0.493 e. The number of carbonyl (C=O) groups is 1. The van der Waals surface area contributed by atoms with Gasteiger partial charge in [-0.3, -0.25) is 4.79 Å². The van der Waals surface area contributed by atoms with Crippen molar-refractivity contribution in [2.75, 3.05) is 13.2 Å². The summed E-state index contributed by atoms with van der Waals surface area (Å²) < 4.78 is 12.4. The first-order valence-electron chi connectivity index (χ1n) is 6.39. The molecule has 1 amide bonds. The molecule has 1 aromatic carbocycles. The van der Waals surface area contributed by atoms with E-state index in [2.05, 4.69) is 21.2 Å². The average molecular weight is 388 g/mol. The van der Waals surface area contributed by atoms with Crippen LogP contribution in [0, 0.1) is 0 Å². The second-order valence-electron chi connectivity index (χ2n) is 4.04. The second-order valence-corrected chi connectivity index (χ2v) is 6.61. The van der Waals surface area contributed by atoms with Crippen molar-refractivity contribution in [3.63, 3.8) is 0 Å². The van der Waals surface area contributed by atoms with Crippen molar-refractivity contribution >= 4 is 56.2 Å². The highest BCUT2D eigenvalue weighted by atomic mass is 79.9. The molecule has 1 aromatic rings. The third-order valence-electron chi connectivity index (χ3n) is 2.59. The van der Waals surface area contributed by atoms with Crippen molar-refractivity contribution in [1.82, 2.24) is 5.32 Å². The van der Waals surface area contributed by atoms with Crippen molar-refractivity contribution in [1.29, 1.82) is 0 Å². The monoisotopic (exact) mass is 387 g/mol. The number of benzene rings is 1. The number of ether oxygens (including phenoxy) is 2. The second kappa shape index (κ2) is 7.29. The lowest BCUT2D eigenvalue weighted by Gasteiger charge is -2.12. The number of thioether (sulfide) groups is 1. The van der Waals surface area contributed by atoms with Gasteiger partial charge in [0.15, 0.2) is 0 Å². The summed E-state index contributed by atoms with van der Waals surface area (Å²) in [6.45, 7) is 4.92. The number of rotatable bonds is 5. The molecular formula is C14H14BrNO3S2. The van der Waals surface area contributed by atoms with Gasteiger partial charge in [0, 0.05) is 11.6 Å². The lowest BCUT2D eigenvalue weighted by molar-refractivity contribution is -0.115. The molecule has 0 radical (unpaired) electrons. The number of hydrogen-bond donors (Lipinski definition) is 1. The van der Waals surface area contributed by atoms with Crippen LogP contribution in [-0.2, 0) is 4.79 Å². The Morgan fingerprint density at radius 3 is 2.52 bits per heavy atom. The zero-order valence-electron chi connectivity index (χ0n) is 11.6. The highest BCUT2D eigenvalue weighted by molar-refractivity contribution is 9.10. The van der Waals surface area contributed by atoms with Crippen LogP contribution >= 0.6 is 39.9 Å². The number of carbonyl (C=O) groups excluding carboxylic acids is 1. The van der Waals surface area contributed by atoms with Crippen LogP contribution in [0.4, 0.5) is 0 Å². The van der Waals surface area contributed by atoms with Gasteiger partial charge in [-0.2, -0.15) is 0 Å². The first-order chi connectivity index (χ1) is 10.0. The van der Waals surface area contributed by atoms with Crippen LogP contribution in [0.2, 0.25) is 0 Å². The third-order valence-corrected chi connectivity index (χ3v) is 4.38. The number of thiocarbonyl (C=S) groups is 1. The van der Waals surface area contributed by atoms with Crippen LogP contribution < -0.4 is 14.8 Å². The van der Waals surface area contributed by atoms with Gasteiger partial charge in [-0.25, -0.2) is 0 Å². The standard InChI is InChI=1S/C14H14BrNO3S2/c1-3-18-10-7-11(19-4-2)9(15)5-8(10)6-12-13(17)16-14(20)21-12/h5-7H,3-4H2,1-2H3,(H,16,17,20)/b12-6+. The van der Waals surface area contributed by atoms with Crippen LogP contribution in [0.15, 0.2) is 21.5 Å². The molecule has 112 valence electrons. The van der Waals surface area contributed by atoms with E-state index in [4.69, 9.17) is 21.7 Å². The molecule has 1 heterocycles. The van der Waals surface area contributed by atoms with E-state index in [1.165, 1.54) is 11.8 Å². The fourth-order valence-electron chi connectivity index (χ4n) is 1.77. The SMILES string of the molecule is CCOc1cc(OCC)c(/C=C2/SC(=S)NC2=O)cc1Br. The van der Waals surface area contributed by atoms with E-state index in [1.807, 2.05) is 26.0 Å². The molecule has 0 bridgehead atoms. The highest BCUT2D eigenvalue weighted by Gasteiger charge is 2.23. The fourth-order valence-corrected chi connectivity index (χ4v) is 3.28. The van der Waals surface area contributed by atoms with E-state index in [-0.39, 0.29) is 5.91 Å². The Morgan fingerprint density at radius 1 is 1.29 bits per heavy atom. The van der Waals surface area contributed by atoms with Crippen LogP contribution in [0.3, 0.4) is 0 Å². The lowest BCUT2D eigenvalue weighted by Crippen LogP contribution is -2.17. The fraction of sp³-hybridized carbons (Fsp3) is 0.286. The zero-order chi connectivity index (χ0) is 15.4. The molecule has 21 heavy (non-hydrogen) atoms. The number of amides is 1. The predicted octanol–water partition coefficient (Wildman–Crippen LogP) is 3.74. The smallest absolute Gasteiger partial charge is 0.263 e. The maximum absolute atomic E-state index is 11.7. The topological polar surface area (TPSA) is 47.6 Å². The molecule has 1 aliphatic rings. The Kier molecular flexibility index (Phi) is 5.66. The Hall–Kier alpha value is -1.05. The normalized spacial score (nSPS) is 16.2. The van der Waals surface area contributed by atoms with Gasteiger partial charge in [0.25, 0.3) is 5.91 Å². The Bertz CT molecular complexity index is 616. The molecule has 1 aliphatic heterocycles. The highest BCUT2D eigenvalue weighted by Crippen LogP contribution is 2.36. The summed E-state index contributed by atoms with van der Waals surface area (Å²) in [6, 6.07) is 3.69. The van der Waals surface area contributed by atoms with Crippen LogP contribution in [0.5, 0.6) is 11.5 Å². The van der Waals surface area contributed by atoms with Gasteiger partial charge in [-0.05, 0) is 41.9 Å². The molecule has 1 fully saturated rings. The molecule has 4 nitrogen and oxygen atoms in total. The molecule has 0 aliphatic carbocycles. The van der Waals surface area contributed by atoms with Gasteiger partial charge in [-0.1, -0.05) is 24.0 Å². The van der Waals surface area contributed by atoms with Crippen molar-refractivity contribution in [3.8, 4) is 11.5 Å². The van der Waals surface area contributed by atoms with Gasteiger partial charge in [-0.15, -0.1) is 0 Å². The zero-order valence-corrected chi connectivity index (χ0v) is 14.8. The van der Waals surface area contributed by atoms with Crippen LogP contribution in [0.1, 0.15) is 19.4 Å². The minimum absolute atomic E-state index is 0.183. The van der Waals surface area contributed by atoms with Gasteiger partial charge < -0.3 is 14.8 Å². The first kappa shape index (κ1) is 16.3. The van der Waals surface area contributed by atoms with Crippen molar-refractivity contribution in [3.05, 3.63) is 27.1 Å². The minimum Gasteiger partial charge on any atom is -0.493 e. The average Bonchev–Trinajstić information content (AvgIpc) is 2.73. The van der Waals surface area contributed by atoms with E-state index >= 15 is 0 Å². The third kappa shape index (κ3) is 3.99.